The molecule has 2 N–H and O–H groups in total. The van der Waals surface area contributed by atoms with Gasteiger partial charge >= 0.3 is 5.69 Å². The summed E-state index contributed by atoms with van der Waals surface area (Å²) in [6, 6.07) is 0. The highest BCUT2D eigenvalue weighted by Gasteiger charge is 2.13. The first kappa shape index (κ1) is 13.6. The molecule has 1 aromatic heterocycles. The molecule has 19 heavy (non-hydrogen) atoms. The van der Waals surface area contributed by atoms with E-state index in [9.17, 15) is 14.7 Å². The first-order chi connectivity index (χ1) is 9.13. The van der Waals surface area contributed by atoms with Crippen LogP contribution in [0.5, 0.6) is 5.88 Å². The highest BCUT2D eigenvalue weighted by atomic mass is 16.3. The SMILES string of the molecule is CCc1c(O)n(CCC2=CCCCC2)c(=O)[nH]c1=O. The van der Waals surface area contributed by atoms with Crippen molar-refractivity contribution in [1.82, 2.24) is 9.55 Å². The zero-order valence-corrected chi connectivity index (χ0v) is 11.2. The van der Waals surface area contributed by atoms with E-state index in [0.29, 0.717) is 13.0 Å². The van der Waals surface area contributed by atoms with Crippen molar-refractivity contribution in [2.24, 2.45) is 0 Å². The largest absolute Gasteiger partial charge is 0.494 e. The van der Waals surface area contributed by atoms with Crippen LogP contribution in [0.4, 0.5) is 0 Å². The molecule has 104 valence electrons. The lowest BCUT2D eigenvalue weighted by atomic mass is 9.97. The van der Waals surface area contributed by atoms with Crippen LogP contribution in [0.3, 0.4) is 0 Å². The quantitative estimate of drug-likeness (QED) is 0.813. The smallest absolute Gasteiger partial charge is 0.331 e. The zero-order valence-electron chi connectivity index (χ0n) is 11.2. The van der Waals surface area contributed by atoms with Crippen LogP contribution in [0, 0.1) is 0 Å². The molecule has 0 amide bonds. The summed E-state index contributed by atoms with van der Waals surface area (Å²) in [4.78, 5) is 25.5. The van der Waals surface area contributed by atoms with Crippen molar-refractivity contribution in [1.29, 1.82) is 0 Å². The number of rotatable bonds is 4. The summed E-state index contributed by atoms with van der Waals surface area (Å²) in [5.74, 6) is -0.187. The number of aromatic amines is 1. The second kappa shape index (κ2) is 5.91. The van der Waals surface area contributed by atoms with Crippen LogP contribution in [-0.2, 0) is 13.0 Å². The summed E-state index contributed by atoms with van der Waals surface area (Å²) in [7, 11) is 0. The molecule has 0 aromatic carbocycles. The highest BCUT2D eigenvalue weighted by Crippen LogP contribution is 2.21. The van der Waals surface area contributed by atoms with Crippen molar-refractivity contribution in [2.45, 2.75) is 52.0 Å². The van der Waals surface area contributed by atoms with Gasteiger partial charge in [-0.1, -0.05) is 18.6 Å². The topological polar surface area (TPSA) is 75.1 Å². The minimum atomic E-state index is -0.531. The van der Waals surface area contributed by atoms with Crippen molar-refractivity contribution in [3.63, 3.8) is 0 Å². The van der Waals surface area contributed by atoms with E-state index in [-0.39, 0.29) is 11.4 Å². The third-order valence-electron chi connectivity index (χ3n) is 3.66. The van der Waals surface area contributed by atoms with Crippen LogP contribution in [0.1, 0.15) is 44.6 Å². The Balaban J connectivity index is 2.22. The second-order valence-electron chi connectivity index (χ2n) is 4.92. The molecule has 0 saturated carbocycles. The average molecular weight is 264 g/mol. The van der Waals surface area contributed by atoms with E-state index >= 15 is 0 Å². The van der Waals surface area contributed by atoms with Crippen LogP contribution in [0.2, 0.25) is 0 Å². The summed E-state index contributed by atoms with van der Waals surface area (Å²) >= 11 is 0. The summed E-state index contributed by atoms with van der Waals surface area (Å²) in [6.07, 6.45) is 7.97. The minimum absolute atomic E-state index is 0.187. The van der Waals surface area contributed by atoms with Gasteiger partial charge in [-0.05, 0) is 38.5 Å². The molecule has 1 aliphatic rings. The van der Waals surface area contributed by atoms with Gasteiger partial charge in [-0.2, -0.15) is 0 Å². The molecule has 0 aliphatic heterocycles. The maximum Gasteiger partial charge on any atom is 0.331 e. The Morgan fingerprint density at radius 1 is 1.37 bits per heavy atom. The van der Waals surface area contributed by atoms with Crippen molar-refractivity contribution < 1.29 is 5.11 Å². The summed E-state index contributed by atoms with van der Waals surface area (Å²) < 4.78 is 1.26. The Hall–Kier alpha value is -1.78. The Morgan fingerprint density at radius 2 is 2.16 bits per heavy atom. The number of aromatic nitrogens is 2. The second-order valence-corrected chi connectivity index (χ2v) is 4.92. The van der Waals surface area contributed by atoms with Gasteiger partial charge in [-0.3, -0.25) is 14.3 Å². The Bertz CT molecular complexity index is 596. The molecule has 0 atom stereocenters. The first-order valence-corrected chi connectivity index (χ1v) is 6.86. The number of nitrogens with zero attached hydrogens (tertiary/aromatic N) is 1. The van der Waals surface area contributed by atoms with Gasteiger partial charge in [0.05, 0.1) is 5.56 Å². The molecule has 1 aromatic rings. The van der Waals surface area contributed by atoms with Gasteiger partial charge < -0.3 is 5.11 Å². The number of H-pyrrole nitrogens is 1. The summed E-state index contributed by atoms with van der Waals surface area (Å²) in [5.41, 5.74) is 0.591. The van der Waals surface area contributed by atoms with Crippen molar-refractivity contribution in [2.75, 3.05) is 0 Å². The molecule has 2 rings (SSSR count). The van der Waals surface area contributed by atoms with E-state index in [1.807, 2.05) is 0 Å². The predicted octanol–water partition coefficient (Wildman–Crippen LogP) is 1.70. The summed E-state index contributed by atoms with van der Waals surface area (Å²) in [5, 5.41) is 10.0. The van der Waals surface area contributed by atoms with E-state index < -0.39 is 11.2 Å². The van der Waals surface area contributed by atoms with E-state index in [1.54, 1.807) is 6.92 Å². The Labute approximate surface area is 111 Å². The molecule has 0 radical (unpaired) electrons. The number of allylic oxidation sites excluding steroid dienone is 2. The van der Waals surface area contributed by atoms with Gasteiger partial charge in [0, 0.05) is 6.54 Å². The third-order valence-corrected chi connectivity index (χ3v) is 3.66. The average Bonchev–Trinajstić information content (AvgIpc) is 2.39. The zero-order chi connectivity index (χ0) is 13.8. The number of hydrogen-bond donors (Lipinski definition) is 2. The summed E-state index contributed by atoms with van der Waals surface area (Å²) in [6.45, 7) is 2.20. The Morgan fingerprint density at radius 3 is 2.79 bits per heavy atom. The molecule has 1 aliphatic carbocycles. The van der Waals surface area contributed by atoms with E-state index in [0.717, 1.165) is 19.3 Å². The van der Waals surface area contributed by atoms with Crippen molar-refractivity contribution in [3.05, 3.63) is 38.1 Å². The van der Waals surface area contributed by atoms with E-state index in [1.165, 1.54) is 23.0 Å². The van der Waals surface area contributed by atoms with Gasteiger partial charge in [-0.25, -0.2) is 4.79 Å². The van der Waals surface area contributed by atoms with Gasteiger partial charge in [-0.15, -0.1) is 0 Å². The molecule has 5 heteroatoms. The normalized spacial score (nSPS) is 15.3. The predicted molar refractivity (Wildman–Crippen MR) is 73.5 cm³/mol. The monoisotopic (exact) mass is 264 g/mol. The van der Waals surface area contributed by atoms with Crippen molar-refractivity contribution >= 4 is 0 Å². The lowest BCUT2D eigenvalue weighted by molar-refractivity contribution is 0.392. The van der Waals surface area contributed by atoms with Gasteiger partial charge in [0.1, 0.15) is 0 Å². The minimum Gasteiger partial charge on any atom is -0.494 e. The van der Waals surface area contributed by atoms with Gasteiger partial charge in [0.2, 0.25) is 5.88 Å². The maximum absolute atomic E-state index is 11.7. The van der Waals surface area contributed by atoms with Gasteiger partial charge in [0.15, 0.2) is 0 Å². The number of nitrogens with one attached hydrogen (secondary N) is 1. The molecular weight excluding hydrogens is 244 g/mol. The number of hydrogen-bond acceptors (Lipinski definition) is 3. The fraction of sp³-hybridized carbons (Fsp3) is 0.571. The first-order valence-electron chi connectivity index (χ1n) is 6.86. The fourth-order valence-electron chi connectivity index (χ4n) is 2.51. The van der Waals surface area contributed by atoms with Gasteiger partial charge in [0.25, 0.3) is 5.56 Å². The molecule has 0 saturated heterocycles. The third kappa shape index (κ3) is 2.97. The fourth-order valence-corrected chi connectivity index (χ4v) is 2.51. The van der Waals surface area contributed by atoms with Crippen LogP contribution in [0.15, 0.2) is 21.2 Å². The standard InChI is InChI=1S/C14H20N2O3/c1-2-11-12(17)15-14(19)16(13(11)18)9-8-10-6-4-3-5-7-10/h6,18H,2-5,7-9H2,1H3,(H,15,17,19). The Kier molecular flexibility index (Phi) is 4.24. The van der Waals surface area contributed by atoms with Crippen LogP contribution in [0.25, 0.3) is 0 Å². The van der Waals surface area contributed by atoms with E-state index in [4.69, 9.17) is 0 Å². The van der Waals surface area contributed by atoms with Crippen LogP contribution < -0.4 is 11.2 Å². The molecular formula is C14H20N2O3. The highest BCUT2D eigenvalue weighted by molar-refractivity contribution is 5.22. The molecule has 5 nitrogen and oxygen atoms in total. The number of aromatic hydroxyl groups is 1. The molecule has 0 spiro atoms. The van der Waals surface area contributed by atoms with E-state index in [2.05, 4.69) is 11.1 Å². The maximum atomic E-state index is 11.7. The lowest BCUT2D eigenvalue weighted by Crippen LogP contribution is -2.32. The molecule has 1 heterocycles. The lowest BCUT2D eigenvalue weighted by Gasteiger charge is -2.14. The molecule has 0 unspecified atom stereocenters. The van der Waals surface area contributed by atoms with Crippen molar-refractivity contribution in [3.8, 4) is 5.88 Å². The van der Waals surface area contributed by atoms with Crippen LogP contribution >= 0.6 is 0 Å². The molecule has 0 bridgehead atoms. The van der Waals surface area contributed by atoms with Crippen LogP contribution in [-0.4, -0.2) is 14.7 Å². The molecule has 0 fully saturated rings.